The van der Waals surface area contributed by atoms with Gasteiger partial charge in [-0.25, -0.2) is 13.1 Å². The van der Waals surface area contributed by atoms with Crippen LogP contribution in [0.25, 0.3) is 6.08 Å². The molecule has 0 bridgehead atoms. The number of aromatic nitrogens is 3. The van der Waals surface area contributed by atoms with E-state index in [2.05, 4.69) is 10.3 Å². The molecule has 1 aliphatic rings. The maximum Gasteiger partial charge on any atom is 0.236 e. The Labute approximate surface area is 134 Å². The second-order valence-corrected chi connectivity index (χ2v) is 7.28. The van der Waals surface area contributed by atoms with Gasteiger partial charge in [0.2, 0.25) is 10.0 Å². The SMILES string of the molecule is O=S(=O)(C=Cc1ccccc1Cl)N1CCC(n2ccnn2)C1. The highest BCUT2D eigenvalue weighted by atomic mass is 35.5. The first kappa shape index (κ1) is 15.2. The molecular formula is C14H15ClN4O2S. The predicted molar refractivity (Wildman–Crippen MR) is 84.7 cm³/mol. The molecule has 8 heteroatoms. The van der Waals surface area contributed by atoms with Gasteiger partial charge in [0.1, 0.15) is 0 Å². The van der Waals surface area contributed by atoms with Gasteiger partial charge < -0.3 is 0 Å². The molecule has 6 nitrogen and oxygen atoms in total. The average molecular weight is 339 g/mol. The zero-order chi connectivity index (χ0) is 15.6. The first-order chi connectivity index (χ1) is 10.6. The quantitative estimate of drug-likeness (QED) is 0.857. The number of rotatable bonds is 4. The molecule has 1 fully saturated rings. The molecule has 0 N–H and O–H groups in total. The second-order valence-electron chi connectivity index (χ2n) is 5.05. The Morgan fingerprint density at radius 1 is 1.32 bits per heavy atom. The summed E-state index contributed by atoms with van der Waals surface area (Å²) in [6.45, 7) is 0.873. The van der Waals surface area contributed by atoms with Crippen LogP contribution in [0.4, 0.5) is 0 Å². The standard InChI is InChI=1S/C14H15ClN4O2S/c15-14-4-2-1-3-12(14)6-10-22(20,21)18-8-5-13(11-18)19-9-7-16-17-19/h1-4,6-7,9-10,13H,5,8,11H2. The van der Waals surface area contributed by atoms with Gasteiger partial charge in [-0.1, -0.05) is 35.0 Å². The Bertz CT molecular complexity index is 774. The summed E-state index contributed by atoms with van der Waals surface area (Å²) in [5.41, 5.74) is 0.680. The van der Waals surface area contributed by atoms with Gasteiger partial charge in [-0.2, -0.15) is 4.31 Å². The van der Waals surface area contributed by atoms with Crippen molar-refractivity contribution in [3.63, 3.8) is 0 Å². The molecule has 1 aliphatic heterocycles. The van der Waals surface area contributed by atoms with Crippen LogP contribution < -0.4 is 0 Å². The lowest BCUT2D eigenvalue weighted by atomic mass is 10.2. The largest absolute Gasteiger partial charge is 0.248 e. The van der Waals surface area contributed by atoms with Gasteiger partial charge in [-0.15, -0.1) is 5.10 Å². The second kappa shape index (κ2) is 6.20. The van der Waals surface area contributed by atoms with Crippen LogP contribution in [0.1, 0.15) is 18.0 Å². The van der Waals surface area contributed by atoms with Crippen molar-refractivity contribution in [3.05, 3.63) is 52.7 Å². The van der Waals surface area contributed by atoms with E-state index in [0.29, 0.717) is 23.7 Å². The third-order valence-electron chi connectivity index (χ3n) is 3.63. The third-order valence-corrected chi connectivity index (χ3v) is 5.50. The maximum absolute atomic E-state index is 12.4. The van der Waals surface area contributed by atoms with E-state index in [0.717, 1.165) is 6.42 Å². The fraction of sp³-hybridized carbons (Fsp3) is 0.286. The minimum absolute atomic E-state index is 0.0333. The summed E-state index contributed by atoms with van der Waals surface area (Å²) in [6.07, 6.45) is 5.60. The smallest absolute Gasteiger partial charge is 0.236 e. The normalized spacial score (nSPS) is 20.0. The van der Waals surface area contributed by atoms with E-state index < -0.39 is 10.0 Å². The highest BCUT2D eigenvalue weighted by Crippen LogP contribution is 2.24. The molecule has 0 radical (unpaired) electrons. The Kier molecular flexibility index (Phi) is 4.28. The number of halogens is 1. The van der Waals surface area contributed by atoms with Gasteiger partial charge in [0.25, 0.3) is 0 Å². The summed E-state index contributed by atoms with van der Waals surface area (Å²) < 4.78 is 27.9. The van der Waals surface area contributed by atoms with Crippen molar-refractivity contribution < 1.29 is 8.42 Å². The van der Waals surface area contributed by atoms with Crippen LogP contribution in [-0.4, -0.2) is 40.8 Å². The molecule has 1 aromatic heterocycles. The molecule has 2 heterocycles. The topological polar surface area (TPSA) is 68.1 Å². The summed E-state index contributed by atoms with van der Waals surface area (Å²) in [5.74, 6) is 0. The van der Waals surface area contributed by atoms with Crippen LogP contribution in [0.3, 0.4) is 0 Å². The van der Waals surface area contributed by atoms with Crippen LogP contribution >= 0.6 is 11.6 Å². The number of sulfonamides is 1. The molecule has 1 aromatic carbocycles. The molecule has 1 atom stereocenters. The Hall–Kier alpha value is -1.70. The third kappa shape index (κ3) is 3.21. The molecule has 0 aliphatic carbocycles. The molecule has 0 saturated carbocycles. The lowest BCUT2D eigenvalue weighted by Crippen LogP contribution is -2.27. The molecule has 1 unspecified atom stereocenters. The Morgan fingerprint density at radius 3 is 2.86 bits per heavy atom. The van der Waals surface area contributed by atoms with E-state index in [1.54, 1.807) is 35.3 Å². The van der Waals surface area contributed by atoms with Crippen LogP contribution in [0.15, 0.2) is 42.1 Å². The molecule has 2 aromatic rings. The molecule has 22 heavy (non-hydrogen) atoms. The molecular weight excluding hydrogens is 324 g/mol. The first-order valence-electron chi connectivity index (χ1n) is 6.85. The highest BCUT2D eigenvalue weighted by Gasteiger charge is 2.31. The summed E-state index contributed by atoms with van der Waals surface area (Å²) in [7, 11) is -3.47. The number of benzene rings is 1. The van der Waals surface area contributed by atoms with Gasteiger partial charge in [-0.05, 0) is 24.1 Å². The number of nitrogens with zero attached hydrogens (tertiary/aromatic N) is 4. The van der Waals surface area contributed by atoms with Crippen LogP contribution in [0.2, 0.25) is 5.02 Å². The van der Waals surface area contributed by atoms with Crippen molar-refractivity contribution in [1.82, 2.24) is 19.3 Å². The van der Waals surface area contributed by atoms with E-state index in [4.69, 9.17) is 11.6 Å². The van der Waals surface area contributed by atoms with Crippen molar-refractivity contribution in [1.29, 1.82) is 0 Å². The fourth-order valence-electron chi connectivity index (χ4n) is 2.43. The molecule has 116 valence electrons. The predicted octanol–water partition coefficient (Wildman–Crippen LogP) is 2.18. The number of hydrogen-bond donors (Lipinski definition) is 0. The monoisotopic (exact) mass is 338 g/mol. The van der Waals surface area contributed by atoms with E-state index in [9.17, 15) is 8.42 Å². The summed E-state index contributed by atoms with van der Waals surface area (Å²) in [4.78, 5) is 0. The lowest BCUT2D eigenvalue weighted by Gasteiger charge is -2.13. The molecule has 3 rings (SSSR count). The number of hydrogen-bond acceptors (Lipinski definition) is 4. The molecule has 0 amide bonds. The summed E-state index contributed by atoms with van der Waals surface area (Å²) in [6, 6.07) is 7.15. The van der Waals surface area contributed by atoms with E-state index >= 15 is 0 Å². The highest BCUT2D eigenvalue weighted by molar-refractivity contribution is 7.92. The fourth-order valence-corrected chi connectivity index (χ4v) is 3.85. The Balaban J connectivity index is 1.73. The molecule has 0 spiro atoms. The Morgan fingerprint density at radius 2 is 2.14 bits per heavy atom. The van der Waals surface area contributed by atoms with Crippen molar-refractivity contribution in [2.75, 3.05) is 13.1 Å². The van der Waals surface area contributed by atoms with Crippen LogP contribution in [0, 0.1) is 0 Å². The van der Waals surface area contributed by atoms with E-state index in [1.807, 2.05) is 6.07 Å². The summed E-state index contributed by atoms with van der Waals surface area (Å²) in [5, 5.41) is 9.42. The maximum atomic E-state index is 12.4. The van der Waals surface area contributed by atoms with Crippen molar-refractivity contribution in [2.45, 2.75) is 12.5 Å². The van der Waals surface area contributed by atoms with Crippen molar-refractivity contribution >= 4 is 27.7 Å². The van der Waals surface area contributed by atoms with Crippen molar-refractivity contribution in [3.8, 4) is 0 Å². The molecule has 1 saturated heterocycles. The van der Waals surface area contributed by atoms with Crippen molar-refractivity contribution in [2.24, 2.45) is 0 Å². The van der Waals surface area contributed by atoms with Gasteiger partial charge in [-0.3, -0.25) is 0 Å². The van der Waals surface area contributed by atoms with E-state index in [1.165, 1.54) is 15.8 Å². The minimum atomic E-state index is -3.47. The van der Waals surface area contributed by atoms with Gasteiger partial charge in [0.05, 0.1) is 12.2 Å². The first-order valence-corrected chi connectivity index (χ1v) is 8.73. The zero-order valence-corrected chi connectivity index (χ0v) is 13.3. The minimum Gasteiger partial charge on any atom is -0.248 e. The van der Waals surface area contributed by atoms with E-state index in [-0.39, 0.29) is 6.04 Å². The summed E-state index contributed by atoms with van der Waals surface area (Å²) >= 11 is 6.03. The van der Waals surface area contributed by atoms with Crippen LogP contribution in [-0.2, 0) is 10.0 Å². The lowest BCUT2D eigenvalue weighted by molar-refractivity contribution is 0.432. The zero-order valence-electron chi connectivity index (χ0n) is 11.7. The van der Waals surface area contributed by atoms with Gasteiger partial charge >= 0.3 is 0 Å². The van der Waals surface area contributed by atoms with Crippen LogP contribution in [0.5, 0.6) is 0 Å². The van der Waals surface area contributed by atoms with Gasteiger partial charge in [0.15, 0.2) is 0 Å². The average Bonchev–Trinajstić information content (AvgIpc) is 3.17. The van der Waals surface area contributed by atoms with Gasteiger partial charge in [0, 0.05) is 29.7 Å².